The lowest BCUT2D eigenvalue weighted by Gasteiger charge is -2.21. The number of aromatic nitrogens is 2. The summed E-state index contributed by atoms with van der Waals surface area (Å²) in [7, 11) is 1.50. The SMILES string of the molecule is Cc1cc(=O)c(C(=O)N(C)c2ccccc2-c2ccccc2)nn1-c1ccccc1C(F)(F)F. The fraction of sp³-hybridized carbons (Fsp3) is 0.115. The number of carbonyl (C=O) groups is 1. The van der Waals surface area contributed by atoms with Gasteiger partial charge in [-0.25, -0.2) is 4.68 Å². The van der Waals surface area contributed by atoms with Gasteiger partial charge in [0.2, 0.25) is 5.43 Å². The highest BCUT2D eigenvalue weighted by Crippen LogP contribution is 2.34. The molecule has 4 aromatic rings. The Balaban J connectivity index is 1.81. The summed E-state index contributed by atoms with van der Waals surface area (Å²) in [6.07, 6.45) is -4.64. The molecule has 1 aromatic heterocycles. The number of benzene rings is 3. The number of halogens is 3. The summed E-state index contributed by atoms with van der Waals surface area (Å²) < 4.78 is 41.7. The molecule has 0 unspecified atom stereocenters. The Morgan fingerprint density at radius 2 is 1.53 bits per heavy atom. The van der Waals surface area contributed by atoms with E-state index in [4.69, 9.17) is 0 Å². The molecule has 0 saturated carbocycles. The van der Waals surface area contributed by atoms with Crippen LogP contribution in [0.2, 0.25) is 0 Å². The highest BCUT2D eigenvalue weighted by Gasteiger charge is 2.34. The molecule has 1 heterocycles. The molecule has 4 rings (SSSR count). The van der Waals surface area contributed by atoms with Crippen molar-refractivity contribution in [2.24, 2.45) is 0 Å². The first-order valence-corrected chi connectivity index (χ1v) is 10.4. The zero-order valence-electron chi connectivity index (χ0n) is 18.4. The Morgan fingerprint density at radius 1 is 0.912 bits per heavy atom. The zero-order chi connectivity index (χ0) is 24.5. The molecule has 1 amide bonds. The van der Waals surface area contributed by atoms with Crippen molar-refractivity contribution in [2.45, 2.75) is 13.1 Å². The van der Waals surface area contributed by atoms with Crippen LogP contribution in [0.15, 0.2) is 89.7 Å². The second kappa shape index (κ2) is 8.97. The minimum atomic E-state index is -4.64. The zero-order valence-corrected chi connectivity index (χ0v) is 18.4. The Hall–Kier alpha value is -4.20. The molecule has 172 valence electrons. The van der Waals surface area contributed by atoms with Crippen molar-refractivity contribution < 1.29 is 18.0 Å². The first kappa shape index (κ1) is 23.0. The highest BCUT2D eigenvalue weighted by molar-refractivity contribution is 6.06. The number of anilines is 1. The van der Waals surface area contributed by atoms with E-state index in [1.54, 1.807) is 12.1 Å². The second-order valence-corrected chi connectivity index (χ2v) is 7.67. The lowest BCUT2D eigenvalue weighted by Crippen LogP contribution is -2.34. The van der Waals surface area contributed by atoms with Crippen molar-refractivity contribution in [1.82, 2.24) is 9.78 Å². The topological polar surface area (TPSA) is 55.2 Å². The van der Waals surface area contributed by atoms with Crippen LogP contribution in [0.1, 0.15) is 21.7 Å². The fourth-order valence-corrected chi connectivity index (χ4v) is 3.73. The smallest absolute Gasteiger partial charge is 0.309 e. The minimum Gasteiger partial charge on any atom is -0.309 e. The number of nitrogens with zero attached hydrogens (tertiary/aromatic N) is 3. The van der Waals surface area contributed by atoms with E-state index in [0.29, 0.717) is 5.69 Å². The van der Waals surface area contributed by atoms with Crippen LogP contribution in [-0.4, -0.2) is 22.7 Å². The first-order chi connectivity index (χ1) is 16.2. The Labute approximate surface area is 193 Å². The van der Waals surface area contributed by atoms with Crippen LogP contribution in [0.25, 0.3) is 16.8 Å². The Bertz CT molecular complexity index is 1410. The predicted octanol–water partition coefficient (Wildman–Crippen LogP) is 5.50. The normalized spacial score (nSPS) is 11.3. The largest absolute Gasteiger partial charge is 0.418 e. The van der Waals surface area contributed by atoms with E-state index in [0.717, 1.165) is 27.9 Å². The van der Waals surface area contributed by atoms with Crippen molar-refractivity contribution >= 4 is 11.6 Å². The monoisotopic (exact) mass is 463 g/mol. The molecule has 0 aliphatic rings. The third kappa shape index (κ3) is 4.34. The molecule has 0 N–H and O–H groups in total. The van der Waals surface area contributed by atoms with Gasteiger partial charge in [0.1, 0.15) is 0 Å². The van der Waals surface area contributed by atoms with Crippen LogP contribution in [-0.2, 0) is 6.18 Å². The second-order valence-electron chi connectivity index (χ2n) is 7.67. The minimum absolute atomic E-state index is 0.172. The summed E-state index contributed by atoms with van der Waals surface area (Å²) in [6.45, 7) is 1.46. The van der Waals surface area contributed by atoms with Crippen LogP contribution in [0.4, 0.5) is 18.9 Å². The number of aryl methyl sites for hydroxylation is 1. The molecule has 0 atom stereocenters. The van der Waals surface area contributed by atoms with Gasteiger partial charge < -0.3 is 4.90 Å². The van der Waals surface area contributed by atoms with Gasteiger partial charge >= 0.3 is 6.18 Å². The standard InChI is InChI=1S/C26H20F3N3O2/c1-17-16-23(33)24(30-32(17)22-15-9-7-13-20(22)26(27,28)29)25(34)31(2)21-14-8-6-12-19(21)18-10-4-3-5-11-18/h3-16H,1-2H3. The molecular weight excluding hydrogens is 443 g/mol. The van der Waals surface area contributed by atoms with Crippen molar-refractivity contribution in [3.05, 3.63) is 112 Å². The van der Waals surface area contributed by atoms with Crippen molar-refractivity contribution in [3.63, 3.8) is 0 Å². The molecule has 0 saturated heterocycles. The molecule has 0 fully saturated rings. The number of para-hydroxylation sites is 2. The first-order valence-electron chi connectivity index (χ1n) is 10.4. The molecule has 8 heteroatoms. The summed E-state index contributed by atoms with van der Waals surface area (Å²) in [4.78, 5) is 27.3. The van der Waals surface area contributed by atoms with E-state index in [-0.39, 0.29) is 11.4 Å². The lowest BCUT2D eigenvalue weighted by atomic mass is 10.0. The van der Waals surface area contributed by atoms with E-state index in [1.807, 2.05) is 42.5 Å². The van der Waals surface area contributed by atoms with Gasteiger partial charge in [-0.2, -0.15) is 18.3 Å². The quantitative estimate of drug-likeness (QED) is 0.401. The summed E-state index contributed by atoms with van der Waals surface area (Å²) in [5, 5.41) is 4.08. The molecule has 0 radical (unpaired) electrons. The van der Waals surface area contributed by atoms with Gasteiger partial charge in [0.15, 0.2) is 5.69 Å². The van der Waals surface area contributed by atoms with Gasteiger partial charge in [-0.1, -0.05) is 60.7 Å². The van der Waals surface area contributed by atoms with Gasteiger partial charge in [-0.15, -0.1) is 0 Å². The summed E-state index contributed by atoms with van der Waals surface area (Å²) in [5.41, 5.74) is -0.0159. The molecule has 0 aliphatic heterocycles. The van der Waals surface area contributed by atoms with Crippen molar-refractivity contribution in [2.75, 3.05) is 11.9 Å². The maximum Gasteiger partial charge on any atom is 0.418 e. The maximum atomic E-state index is 13.6. The number of rotatable bonds is 4. The van der Waals surface area contributed by atoms with Gasteiger partial charge in [0.05, 0.1) is 16.9 Å². The van der Waals surface area contributed by atoms with Crippen LogP contribution >= 0.6 is 0 Å². The van der Waals surface area contributed by atoms with Crippen LogP contribution in [0.3, 0.4) is 0 Å². The number of hydrogen-bond acceptors (Lipinski definition) is 3. The molecule has 3 aromatic carbocycles. The predicted molar refractivity (Wildman–Crippen MR) is 124 cm³/mol. The lowest BCUT2D eigenvalue weighted by molar-refractivity contribution is -0.137. The van der Waals surface area contributed by atoms with E-state index in [2.05, 4.69) is 5.10 Å². The summed E-state index contributed by atoms with van der Waals surface area (Å²) >= 11 is 0. The van der Waals surface area contributed by atoms with Gasteiger partial charge in [0.25, 0.3) is 5.91 Å². The summed E-state index contributed by atoms with van der Waals surface area (Å²) in [6, 6.07) is 22.5. The van der Waals surface area contributed by atoms with Crippen LogP contribution in [0, 0.1) is 6.92 Å². The molecular formula is C26H20F3N3O2. The molecule has 5 nitrogen and oxygen atoms in total. The Kier molecular flexibility index (Phi) is 6.06. The van der Waals surface area contributed by atoms with Crippen LogP contribution < -0.4 is 10.3 Å². The molecule has 0 aliphatic carbocycles. The number of amides is 1. The van der Waals surface area contributed by atoms with E-state index in [1.165, 1.54) is 37.1 Å². The number of alkyl halides is 3. The third-order valence-electron chi connectivity index (χ3n) is 5.40. The van der Waals surface area contributed by atoms with E-state index in [9.17, 15) is 22.8 Å². The number of carbonyl (C=O) groups excluding carboxylic acids is 1. The average Bonchev–Trinajstić information content (AvgIpc) is 2.83. The van der Waals surface area contributed by atoms with Crippen molar-refractivity contribution in [3.8, 4) is 16.8 Å². The third-order valence-corrected chi connectivity index (χ3v) is 5.40. The van der Waals surface area contributed by atoms with E-state index < -0.39 is 28.8 Å². The van der Waals surface area contributed by atoms with Crippen LogP contribution in [0.5, 0.6) is 0 Å². The Morgan fingerprint density at radius 3 is 2.24 bits per heavy atom. The molecule has 34 heavy (non-hydrogen) atoms. The van der Waals surface area contributed by atoms with E-state index >= 15 is 0 Å². The van der Waals surface area contributed by atoms with Gasteiger partial charge in [-0.05, 0) is 30.7 Å². The van der Waals surface area contributed by atoms with Gasteiger partial charge in [-0.3, -0.25) is 9.59 Å². The van der Waals surface area contributed by atoms with Crippen molar-refractivity contribution in [1.29, 1.82) is 0 Å². The fourth-order valence-electron chi connectivity index (χ4n) is 3.73. The summed E-state index contributed by atoms with van der Waals surface area (Å²) in [5.74, 6) is -0.730. The molecule has 0 bridgehead atoms. The van der Waals surface area contributed by atoms with Gasteiger partial charge in [0, 0.05) is 24.4 Å². The highest BCUT2D eigenvalue weighted by atomic mass is 19.4. The average molecular weight is 463 g/mol. The maximum absolute atomic E-state index is 13.6. The molecule has 0 spiro atoms. The number of hydrogen-bond donors (Lipinski definition) is 0.